The Morgan fingerprint density at radius 3 is 2.76 bits per heavy atom. The van der Waals surface area contributed by atoms with Gasteiger partial charge in [0, 0.05) is 5.02 Å². The molecule has 21 heavy (non-hydrogen) atoms. The molecule has 1 amide bonds. The van der Waals surface area contributed by atoms with E-state index in [0.29, 0.717) is 15.5 Å². The Kier molecular flexibility index (Phi) is 5.03. The zero-order valence-electron chi connectivity index (χ0n) is 11.0. The van der Waals surface area contributed by atoms with E-state index < -0.39 is 17.9 Å². The first-order valence-electron chi connectivity index (χ1n) is 6.18. The van der Waals surface area contributed by atoms with Crippen LogP contribution in [0.5, 0.6) is 0 Å². The van der Waals surface area contributed by atoms with Gasteiger partial charge in [-0.2, -0.15) is 0 Å². The number of aliphatic carboxylic acids is 1. The van der Waals surface area contributed by atoms with Crippen LogP contribution in [-0.4, -0.2) is 27.1 Å². The summed E-state index contributed by atoms with van der Waals surface area (Å²) < 4.78 is 0.217. The lowest BCUT2D eigenvalue weighted by molar-refractivity contribution is -0.310. The zero-order chi connectivity index (χ0) is 15.6. The molecule has 0 radical (unpaired) electrons. The maximum atomic E-state index is 12.4. The van der Waals surface area contributed by atoms with Gasteiger partial charge < -0.3 is 9.90 Å². The topological polar surface area (TPSA) is 60.4 Å². The molecular weight excluding hydrogens is 330 g/mol. The molecule has 2 rings (SSSR count). The number of carboxylic acids is 1. The molecule has 0 N–H and O–H groups in total. The molecule has 1 aromatic rings. The van der Waals surface area contributed by atoms with Gasteiger partial charge in [-0.05, 0) is 24.1 Å². The first kappa shape index (κ1) is 16.0. The van der Waals surface area contributed by atoms with Gasteiger partial charge >= 0.3 is 0 Å². The largest absolute Gasteiger partial charge is 0.548 e. The summed E-state index contributed by atoms with van der Waals surface area (Å²) in [6.45, 7) is 1.66. The van der Waals surface area contributed by atoms with E-state index in [2.05, 4.69) is 0 Å². The van der Waals surface area contributed by atoms with Gasteiger partial charge in [0.15, 0.2) is 0 Å². The lowest BCUT2D eigenvalue weighted by Gasteiger charge is -2.26. The molecule has 0 saturated carbocycles. The Labute approximate surface area is 136 Å². The number of nitrogens with zero attached hydrogens (tertiary/aromatic N) is 1. The third-order valence-electron chi connectivity index (χ3n) is 2.99. The van der Waals surface area contributed by atoms with E-state index in [9.17, 15) is 14.7 Å². The summed E-state index contributed by atoms with van der Waals surface area (Å²) >= 11 is 12.2. The summed E-state index contributed by atoms with van der Waals surface area (Å²) in [5, 5.41) is 11.6. The second kappa shape index (κ2) is 6.60. The first-order valence-corrected chi connectivity index (χ1v) is 7.78. The predicted octanol–water partition coefficient (Wildman–Crippen LogP) is 2.07. The van der Waals surface area contributed by atoms with Gasteiger partial charge in [-0.1, -0.05) is 60.7 Å². The molecule has 1 atom stereocenters. The minimum Gasteiger partial charge on any atom is -0.548 e. The van der Waals surface area contributed by atoms with Gasteiger partial charge in [-0.3, -0.25) is 9.69 Å². The number of thioether (sulfide) groups is 1. The van der Waals surface area contributed by atoms with Crippen molar-refractivity contribution in [1.29, 1.82) is 0 Å². The number of hydrogen-bond donors (Lipinski definition) is 0. The van der Waals surface area contributed by atoms with Crippen molar-refractivity contribution in [2.45, 2.75) is 19.4 Å². The number of halogens is 1. The second-order valence-corrected chi connectivity index (χ2v) is 6.40. The number of rotatable bonds is 4. The average Bonchev–Trinajstić information content (AvgIpc) is 2.70. The summed E-state index contributed by atoms with van der Waals surface area (Å²) in [4.78, 5) is 24.9. The molecule has 0 spiro atoms. The molecule has 1 heterocycles. The third kappa shape index (κ3) is 3.28. The smallest absolute Gasteiger partial charge is 0.266 e. The first-order chi connectivity index (χ1) is 9.95. The van der Waals surface area contributed by atoms with Crippen molar-refractivity contribution in [3.63, 3.8) is 0 Å². The van der Waals surface area contributed by atoms with Crippen LogP contribution in [0.15, 0.2) is 29.2 Å². The Balaban J connectivity index is 2.34. The van der Waals surface area contributed by atoms with Gasteiger partial charge in [-0.15, -0.1) is 0 Å². The average molecular weight is 341 g/mol. The normalized spacial score (nSPS) is 18.4. The zero-order valence-corrected chi connectivity index (χ0v) is 13.4. The van der Waals surface area contributed by atoms with Gasteiger partial charge in [0.1, 0.15) is 4.32 Å². The molecule has 0 aliphatic carbocycles. The highest BCUT2D eigenvalue weighted by Gasteiger charge is 2.37. The van der Waals surface area contributed by atoms with Crippen LogP contribution in [-0.2, 0) is 9.59 Å². The van der Waals surface area contributed by atoms with Crippen molar-refractivity contribution < 1.29 is 14.7 Å². The van der Waals surface area contributed by atoms with Crippen LogP contribution in [0.4, 0.5) is 0 Å². The van der Waals surface area contributed by atoms with Crippen molar-refractivity contribution in [3.8, 4) is 0 Å². The predicted molar refractivity (Wildman–Crippen MR) is 85.6 cm³/mol. The lowest BCUT2D eigenvalue weighted by atomic mass is 10.2. The Morgan fingerprint density at radius 2 is 2.19 bits per heavy atom. The monoisotopic (exact) mass is 340 g/mol. The fraction of sp³-hybridized carbons (Fsp3) is 0.214. The van der Waals surface area contributed by atoms with E-state index in [1.54, 1.807) is 37.3 Å². The van der Waals surface area contributed by atoms with E-state index in [4.69, 9.17) is 23.8 Å². The molecule has 1 aliphatic heterocycles. The number of hydrogen-bond acceptors (Lipinski definition) is 5. The number of thiocarbonyl (C=S) groups is 1. The Bertz CT molecular complexity index is 645. The maximum absolute atomic E-state index is 12.4. The van der Waals surface area contributed by atoms with Crippen molar-refractivity contribution in [2.75, 3.05) is 0 Å². The number of carbonyl (C=O) groups excluding carboxylic acids is 2. The molecule has 1 saturated heterocycles. The summed E-state index contributed by atoms with van der Waals surface area (Å²) in [5.41, 5.74) is 0.682. The molecule has 0 aromatic heterocycles. The van der Waals surface area contributed by atoms with E-state index in [1.165, 1.54) is 0 Å². The quantitative estimate of drug-likeness (QED) is 0.620. The van der Waals surface area contributed by atoms with Crippen LogP contribution in [0.1, 0.15) is 18.9 Å². The molecule has 110 valence electrons. The molecule has 4 nitrogen and oxygen atoms in total. The van der Waals surface area contributed by atoms with E-state index in [1.807, 2.05) is 0 Å². The fourth-order valence-corrected chi connectivity index (χ4v) is 3.47. The molecule has 0 bridgehead atoms. The van der Waals surface area contributed by atoms with Gasteiger partial charge in [0.25, 0.3) is 5.91 Å². The van der Waals surface area contributed by atoms with Crippen LogP contribution < -0.4 is 5.11 Å². The highest BCUT2D eigenvalue weighted by atomic mass is 35.5. The number of carboxylic acid groups (broad SMARTS) is 1. The summed E-state index contributed by atoms with van der Waals surface area (Å²) in [6, 6.07) is 6.02. The molecule has 0 unspecified atom stereocenters. The molecule has 7 heteroatoms. The molecule has 1 fully saturated rings. The second-order valence-electron chi connectivity index (χ2n) is 4.32. The van der Waals surface area contributed by atoms with Gasteiger partial charge in [-0.25, -0.2) is 0 Å². The SMILES string of the molecule is CC[C@@H](C(=O)[O-])N1C(=O)/C(=C/c2ccccc2Cl)SC1=S. The molecular formula is C14H11ClNO3S2-. The van der Waals surface area contributed by atoms with Crippen LogP contribution >= 0.6 is 35.6 Å². The molecule has 1 aromatic carbocycles. The highest BCUT2D eigenvalue weighted by Crippen LogP contribution is 2.35. The third-order valence-corrected chi connectivity index (χ3v) is 4.66. The van der Waals surface area contributed by atoms with Crippen molar-refractivity contribution in [2.24, 2.45) is 0 Å². The Hall–Kier alpha value is -1.37. The van der Waals surface area contributed by atoms with Gasteiger partial charge in [0.2, 0.25) is 0 Å². The molecule has 1 aliphatic rings. The number of carbonyl (C=O) groups is 2. The van der Waals surface area contributed by atoms with E-state index >= 15 is 0 Å². The summed E-state index contributed by atoms with van der Waals surface area (Å²) in [6.07, 6.45) is 1.85. The highest BCUT2D eigenvalue weighted by molar-refractivity contribution is 8.26. The minimum absolute atomic E-state index is 0.217. The lowest BCUT2D eigenvalue weighted by Crippen LogP contribution is -2.49. The Morgan fingerprint density at radius 1 is 1.52 bits per heavy atom. The van der Waals surface area contributed by atoms with Crippen LogP contribution in [0.3, 0.4) is 0 Å². The van der Waals surface area contributed by atoms with Gasteiger partial charge in [0.05, 0.1) is 16.9 Å². The van der Waals surface area contributed by atoms with Crippen molar-refractivity contribution in [1.82, 2.24) is 4.90 Å². The maximum Gasteiger partial charge on any atom is 0.266 e. The number of benzene rings is 1. The summed E-state index contributed by atoms with van der Waals surface area (Å²) in [5.74, 6) is -1.74. The van der Waals surface area contributed by atoms with Crippen LogP contribution in [0.25, 0.3) is 6.08 Å². The van der Waals surface area contributed by atoms with E-state index in [-0.39, 0.29) is 10.7 Å². The fourth-order valence-electron chi connectivity index (χ4n) is 1.94. The summed E-state index contributed by atoms with van der Waals surface area (Å²) in [7, 11) is 0. The van der Waals surface area contributed by atoms with Crippen molar-refractivity contribution in [3.05, 3.63) is 39.8 Å². The van der Waals surface area contributed by atoms with Crippen molar-refractivity contribution >= 4 is 57.9 Å². The number of amides is 1. The van der Waals surface area contributed by atoms with E-state index in [0.717, 1.165) is 16.7 Å². The van der Waals surface area contributed by atoms with Crippen LogP contribution in [0.2, 0.25) is 5.02 Å². The standard InChI is InChI=1S/C14H12ClNO3S2/c1-2-10(13(18)19)16-12(17)11(21-14(16)20)7-8-5-3-4-6-9(8)15/h3-7,10H,2H2,1H3,(H,18,19)/p-1/b11-7-/t10-/m0/s1. The van der Waals surface area contributed by atoms with Crippen LogP contribution in [0, 0.1) is 0 Å². The minimum atomic E-state index is -1.31.